The summed E-state index contributed by atoms with van der Waals surface area (Å²) in [4.78, 5) is 24.1. The summed E-state index contributed by atoms with van der Waals surface area (Å²) in [7, 11) is 1.32. The Balaban J connectivity index is 1.99. The minimum atomic E-state index is -0.643. The number of methoxy groups -OCH3 is 1. The molecule has 134 valence electrons. The van der Waals surface area contributed by atoms with E-state index in [4.69, 9.17) is 4.74 Å². The van der Waals surface area contributed by atoms with Crippen molar-refractivity contribution in [3.8, 4) is 5.69 Å². The van der Waals surface area contributed by atoms with Crippen LogP contribution in [0, 0.1) is 5.92 Å². The molecule has 0 unspecified atom stereocenters. The van der Waals surface area contributed by atoms with Crippen molar-refractivity contribution in [2.75, 3.05) is 12.9 Å². The zero-order chi connectivity index (χ0) is 18.2. The Bertz CT molecular complexity index is 705. The molecule has 2 rings (SSSR count). The van der Waals surface area contributed by atoms with E-state index in [1.54, 1.807) is 6.33 Å². The van der Waals surface area contributed by atoms with Gasteiger partial charge in [0, 0.05) is 5.69 Å². The minimum absolute atomic E-state index is 0.00521. The number of carbonyl (C=O) groups is 2. The van der Waals surface area contributed by atoms with Gasteiger partial charge in [0.1, 0.15) is 12.4 Å². The fourth-order valence-electron chi connectivity index (χ4n) is 2.23. The number of nitrogens with zero attached hydrogens (tertiary/aromatic N) is 3. The van der Waals surface area contributed by atoms with Crippen molar-refractivity contribution in [3.05, 3.63) is 36.7 Å². The molecule has 1 amide bonds. The van der Waals surface area contributed by atoms with E-state index in [1.165, 1.54) is 18.9 Å². The Hall–Kier alpha value is -2.35. The minimum Gasteiger partial charge on any atom is -0.467 e. The maximum atomic E-state index is 12.2. The third-order valence-corrected chi connectivity index (χ3v) is 4.81. The molecule has 0 radical (unpaired) electrons. The van der Waals surface area contributed by atoms with Crippen molar-refractivity contribution < 1.29 is 14.3 Å². The summed E-state index contributed by atoms with van der Waals surface area (Å²) in [6.07, 6.45) is 2.36. The number of para-hydroxylation sites is 1. The lowest BCUT2D eigenvalue weighted by atomic mass is 9.99. The molecule has 8 heteroatoms. The van der Waals surface area contributed by atoms with Crippen molar-refractivity contribution in [2.45, 2.75) is 31.5 Å². The van der Waals surface area contributed by atoms with Gasteiger partial charge >= 0.3 is 5.97 Å². The lowest BCUT2D eigenvalue weighted by Gasteiger charge is -2.21. The Morgan fingerprint density at radius 1 is 1.32 bits per heavy atom. The summed E-state index contributed by atoms with van der Waals surface area (Å²) < 4.78 is 6.59. The van der Waals surface area contributed by atoms with Crippen molar-refractivity contribution in [1.82, 2.24) is 20.1 Å². The van der Waals surface area contributed by atoms with Gasteiger partial charge in [0.15, 0.2) is 5.16 Å². The molecule has 1 heterocycles. The summed E-state index contributed by atoms with van der Waals surface area (Å²) in [5.41, 5.74) is 0.919. The van der Waals surface area contributed by atoms with E-state index in [2.05, 4.69) is 15.5 Å². The number of carbonyl (C=O) groups excluding carboxylic acids is 2. The molecule has 0 spiro atoms. The molecule has 1 aromatic carbocycles. The summed E-state index contributed by atoms with van der Waals surface area (Å²) >= 11 is 1.26. The standard InChI is InChI=1S/C17H22N4O3S/c1-4-12(2)15(16(23)24-3)19-14(22)10-25-17-20-18-11-21(17)13-8-6-5-7-9-13/h5-9,11-12,15H,4,10H2,1-3H3,(H,19,22)/t12-,15+/m1/s1. The molecule has 1 N–H and O–H groups in total. The van der Waals surface area contributed by atoms with Crippen LogP contribution in [0.3, 0.4) is 0 Å². The summed E-state index contributed by atoms with van der Waals surface area (Å²) in [6.45, 7) is 3.87. The molecule has 0 fully saturated rings. The van der Waals surface area contributed by atoms with Gasteiger partial charge in [0.05, 0.1) is 12.9 Å². The zero-order valence-corrected chi connectivity index (χ0v) is 15.3. The van der Waals surface area contributed by atoms with Crippen LogP contribution >= 0.6 is 11.8 Å². The van der Waals surface area contributed by atoms with E-state index in [0.29, 0.717) is 5.16 Å². The first kappa shape index (κ1) is 19.0. The Labute approximate surface area is 151 Å². The first-order valence-electron chi connectivity index (χ1n) is 8.02. The Morgan fingerprint density at radius 2 is 2.04 bits per heavy atom. The second kappa shape index (κ2) is 9.22. The Morgan fingerprint density at radius 3 is 2.68 bits per heavy atom. The first-order chi connectivity index (χ1) is 12.1. The molecule has 1 aromatic heterocycles. The average Bonchev–Trinajstić information content (AvgIpc) is 3.12. The SMILES string of the molecule is CC[C@@H](C)[C@H](NC(=O)CSc1nncn1-c1ccccc1)C(=O)OC. The van der Waals surface area contributed by atoms with E-state index in [9.17, 15) is 9.59 Å². The van der Waals surface area contributed by atoms with E-state index in [1.807, 2.05) is 48.7 Å². The molecule has 2 aromatic rings. The Kier molecular flexibility index (Phi) is 7.00. The van der Waals surface area contributed by atoms with Gasteiger partial charge < -0.3 is 10.1 Å². The van der Waals surface area contributed by atoms with Crippen molar-refractivity contribution in [2.24, 2.45) is 5.92 Å². The van der Waals surface area contributed by atoms with Crippen molar-refractivity contribution in [1.29, 1.82) is 0 Å². The van der Waals surface area contributed by atoms with Gasteiger partial charge in [-0.3, -0.25) is 9.36 Å². The van der Waals surface area contributed by atoms with E-state index < -0.39 is 12.0 Å². The van der Waals surface area contributed by atoms with Crippen molar-refractivity contribution >= 4 is 23.6 Å². The molecule has 0 aliphatic carbocycles. The number of hydrogen-bond acceptors (Lipinski definition) is 6. The zero-order valence-electron chi connectivity index (χ0n) is 14.5. The van der Waals surface area contributed by atoms with Gasteiger partial charge in [0.2, 0.25) is 5.91 Å². The van der Waals surface area contributed by atoms with Crippen molar-refractivity contribution in [3.63, 3.8) is 0 Å². The van der Waals surface area contributed by atoms with Crippen LogP contribution in [0.25, 0.3) is 5.69 Å². The highest BCUT2D eigenvalue weighted by Gasteiger charge is 2.26. The van der Waals surface area contributed by atoms with Crippen LogP contribution in [-0.2, 0) is 14.3 Å². The molecular weight excluding hydrogens is 340 g/mol. The number of benzene rings is 1. The van der Waals surface area contributed by atoms with Crippen LogP contribution in [0.2, 0.25) is 0 Å². The number of esters is 1. The van der Waals surface area contributed by atoms with Gasteiger partial charge in [-0.15, -0.1) is 10.2 Å². The third kappa shape index (κ3) is 5.06. The van der Waals surface area contributed by atoms with E-state index >= 15 is 0 Å². The maximum Gasteiger partial charge on any atom is 0.328 e. The second-order valence-electron chi connectivity index (χ2n) is 5.56. The smallest absolute Gasteiger partial charge is 0.328 e. The second-order valence-corrected chi connectivity index (χ2v) is 6.50. The van der Waals surface area contributed by atoms with Crippen LogP contribution in [0.4, 0.5) is 0 Å². The number of rotatable bonds is 8. The molecule has 0 aliphatic rings. The van der Waals surface area contributed by atoms with E-state index in [-0.39, 0.29) is 17.6 Å². The molecule has 0 saturated heterocycles. The van der Waals surface area contributed by atoms with Gasteiger partial charge in [0.25, 0.3) is 0 Å². The molecule has 0 aliphatic heterocycles. The fourth-order valence-corrected chi connectivity index (χ4v) is 2.97. The predicted molar refractivity (Wildman–Crippen MR) is 95.5 cm³/mol. The van der Waals surface area contributed by atoms with Crippen LogP contribution in [0.15, 0.2) is 41.8 Å². The number of ether oxygens (including phenoxy) is 1. The van der Waals surface area contributed by atoms with Crippen LogP contribution in [0.1, 0.15) is 20.3 Å². The number of amides is 1. The van der Waals surface area contributed by atoms with Gasteiger partial charge in [-0.05, 0) is 18.1 Å². The monoisotopic (exact) mass is 362 g/mol. The topological polar surface area (TPSA) is 86.1 Å². The predicted octanol–water partition coefficient (Wildman–Crippen LogP) is 2.06. The summed E-state index contributed by atoms with van der Waals surface area (Å²) in [5.74, 6) is -0.548. The lowest BCUT2D eigenvalue weighted by molar-refractivity contribution is -0.146. The van der Waals surface area contributed by atoms with Gasteiger partial charge in [-0.25, -0.2) is 4.79 Å². The number of thioether (sulfide) groups is 1. The average molecular weight is 362 g/mol. The molecule has 0 bridgehead atoms. The molecule has 7 nitrogen and oxygen atoms in total. The highest BCUT2D eigenvalue weighted by molar-refractivity contribution is 7.99. The highest BCUT2D eigenvalue weighted by Crippen LogP contribution is 2.19. The summed E-state index contributed by atoms with van der Waals surface area (Å²) in [5, 5.41) is 11.3. The molecule has 0 saturated carbocycles. The van der Waals surface area contributed by atoms with Gasteiger partial charge in [-0.2, -0.15) is 0 Å². The van der Waals surface area contributed by atoms with E-state index in [0.717, 1.165) is 12.1 Å². The lowest BCUT2D eigenvalue weighted by Crippen LogP contribution is -2.46. The first-order valence-corrected chi connectivity index (χ1v) is 9.00. The third-order valence-electron chi connectivity index (χ3n) is 3.87. The van der Waals surface area contributed by atoms with Crippen LogP contribution in [-0.4, -0.2) is 45.5 Å². The molecular formula is C17H22N4O3S. The molecule has 2 atom stereocenters. The number of aromatic nitrogens is 3. The quantitative estimate of drug-likeness (QED) is 0.571. The largest absolute Gasteiger partial charge is 0.467 e. The normalized spacial score (nSPS) is 13.1. The summed E-state index contributed by atoms with van der Waals surface area (Å²) in [6, 6.07) is 8.99. The number of nitrogens with one attached hydrogen (secondary N) is 1. The fraction of sp³-hybridized carbons (Fsp3) is 0.412. The highest BCUT2D eigenvalue weighted by atomic mass is 32.2. The maximum absolute atomic E-state index is 12.2. The van der Waals surface area contributed by atoms with Crippen LogP contribution < -0.4 is 5.32 Å². The van der Waals surface area contributed by atoms with Crippen LogP contribution in [0.5, 0.6) is 0 Å². The van der Waals surface area contributed by atoms with Gasteiger partial charge in [-0.1, -0.05) is 50.2 Å². The number of hydrogen-bond donors (Lipinski definition) is 1. The molecule has 25 heavy (non-hydrogen) atoms.